The maximum absolute atomic E-state index is 2.57. The molecule has 2 saturated heterocycles. The van der Waals surface area contributed by atoms with E-state index in [1.165, 1.54) is 77.0 Å². The van der Waals surface area contributed by atoms with Crippen LogP contribution in [0.3, 0.4) is 0 Å². The summed E-state index contributed by atoms with van der Waals surface area (Å²) in [5, 5.41) is 3.59. The van der Waals surface area contributed by atoms with Gasteiger partial charge < -0.3 is 24.8 Å². The van der Waals surface area contributed by atoms with Crippen molar-refractivity contribution in [3.63, 3.8) is 0 Å². The van der Waals surface area contributed by atoms with Crippen LogP contribution >= 0.6 is 0 Å². The zero-order chi connectivity index (χ0) is 24.3. The summed E-state index contributed by atoms with van der Waals surface area (Å²) < 4.78 is 0. The third-order valence-corrected chi connectivity index (χ3v) is 20.1. The van der Waals surface area contributed by atoms with Crippen LogP contribution in [0.2, 0.25) is 36.3 Å². The second-order valence-electron chi connectivity index (χ2n) is 11.7. The van der Waals surface area contributed by atoms with Gasteiger partial charge in [0.1, 0.15) is 0 Å². The maximum atomic E-state index is 2.57. The first kappa shape index (κ1) is 37.6. The molecule has 2 fully saturated rings. The molecule has 37 heavy (non-hydrogen) atoms. The van der Waals surface area contributed by atoms with Crippen molar-refractivity contribution in [1.82, 2.24) is 0 Å². The largest absolute Gasteiger partial charge is 4.00 e. The quantitative estimate of drug-likeness (QED) is 0.217. The van der Waals surface area contributed by atoms with E-state index in [0.29, 0.717) is 0 Å². The first-order chi connectivity index (χ1) is 16.6. The standard InChI is InChI=1S/2C16H27Si.2ClH.Zr/c2*1-3-5-8-15-9-10-16(14-15)17(11-6-4-2)12-7-13-17;;;/h2*9-10,14H,3-8,11-13H2,1-2H3;2*1H;/q2*-1;;;+4/p-2. The molecule has 0 amide bonds. The molecule has 4 rings (SSSR count). The van der Waals surface area contributed by atoms with E-state index in [2.05, 4.69) is 64.1 Å². The van der Waals surface area contributed by atoms with Crippen molar-refractivity contribution in [3.05, 3.63) is 47.5 Å². The first-order valence-electron chi connectivity index (χ1n) is 15.1. The van der Waals surface area contributed by atoms with Crippen LogP contribution in [0, 0.1) is 0 Å². The molecule has 2 heterocycles. The van der Waals surface area contributed by atoms with E-state index in [9.17, 15) is 0 Å². The van der Waals surface area contributed by atoms with E-state index in [-0.39, 0.29) is 51.0 Å². The number of halogens is 2. The molecule has 0 saturated carbocycles. The number of hydrogen-bond acceptors (Lipinski definition) is 0. The molecule has 0 unspecified atom stereocenters. The Balaban J connectivity index is 0.000000648. The molecule has 5 heteroatoms. The molecular weight excluding hydrogens is 603 g/mol. The van der Waals surface area contributed by atoms with Crippen molar-refractivity contribution in [2.75, 3.05) is 0 Å². The average Bonchev–Trinajstić information content (AvgIpc) is 3.46. The first-order valence-corrected chi connectivity index (χ1v) is 20.4. The van der Waals surface area contributed by atoms with Gasteiger partial charge in [-0.25, -0.2) is 22.5 Å². The Bertz CT molecular complexity index is 752. The zero-order valence-electron chi connectivity index (χ0n) is 24.4. The summed E-state index contributed by atoms with van der Waals surface area (Å²) in [7, 11) is -1.92. The fourth-order valence-corrected chi connectivity index (χ4v) is 15.4. The summed E-state index contributed by atoms with van der Waals surface area (Å²) in [5.74, 6) is 0. The van der Waals surface area contributed by atoms with Gasteiger partial charge in [0.15, 0.2) is 0 Å². The Morgan fingerprint density at radius 2 is 0.946 bits per heavy atom. The van der Waals surface area contributed by atoms with Gasteiger partial charge in [0.25, 0.3) is 0 Å². The minimum Gasteiger partial charge on any atom is -1.00 e. The normalized spacial score (nSPS) is 16.5. The van der Waals surface area contributed by atoms with Gasteiger partial charge in [0.05, 0.1) is 0 Å². The number of rotatable bonds is 14. The fourth-order valence-electron chi connectivity index (χ4n) is 6.32. The van der Waals surface area contributed by atoms with Crippen LogP contribution in [0.1, 0.15) is 103 Å². The van der Waals surface area contributed by atoms with Gasteiger partial charge in [-0.1, -0.05) is 141 Å². The molecule has 208 valence electrons. The van der Waals surface area contributed by atoms with Crippen molar-refractivity contribution < 1.29 is 51.0 Å². The van der Waals surface area contributed by atoms with E-state index in [0.717, 1.165) is 0 Å². The fraction of sp³-hybridized carbons (Fsp3) is 0.688. The molecule has 0 radical (unpaired) electrons. The summed E-state index contributed by atoms with van der Waals surface area (Å²) in [6.45, 7) is 9.23. The molecule has 0 aliphatic carbocycles. The van der Waals surface area contributed by atoms with Crippen molar-refractivity contribution in [2.24, 2.45) is 0 Å². The van der Waals surface area contributed by atoms with E-state index < -0.39 is 16.1 Å². The van der Waals surface area contributed by atoms with E-state index in [4.69, 9.17) is 0 Å². The number of aryl methyl sites for hydroxylation is 2. The molecule has 0 bridgehead atoms. The summed E-state index contributed by atoms with van der Waals surface area (Å²) >= 11 is 0. The predicted molar refractivity (Wildman–Crippen MR) is 160 cm³/mol. The average molecular weight is 657 g/mol. The van der Waals surface area contributed by atoms with Gasteiger partial charge in [0.2, 0.25) is 0 Å². The van der Waals surface area contributed by atoms with Crippen molar-refractivity contribution in [3.8, 4) is 0 Å². The third kappa shape index (κ3) is 10.5. The van der Waals surface area contributed by atoms with Gasteiger partial charge in [-0.05, 0) is 0 Å². The molecule has 0 atom stereocenters. The van der Waals surface area contributed by atoms with Crippen LogP contribution in [0.15, 0.2) is 36.4 Å². The van der Waals surface area contributed by atoms with Crippen LogP contribution < -0.4 is 35.2 Å². The van der Waals surface area contributed by atoms with Gasteiger partial charge in [0, 0.05) is 16.1 Å². The van der Waals surface area contributed by atoms with E-state index >= 15 is 0 Å². The Hall–Kier alpha value is 0.597. The second-order valence-corrected chi connectivity index (χ2v) is 21.0. The van der Waals surface area contributed by atoms with Gasteiger partial charge in [-0.3, -0.25) is 0 Å². The molecule has 0 aromatic heterocycles. The van der Waals surface area contributed by atoms with Crippen molar-refractivity contribution >= 4 is 26.5 Å². The molecule has 2 aromatic rings. The zero-order valence-corrected chi connectivity index (χ0v) is 30.4. The monoisotopic (exact) mass is 654 g/mol. The molecule has 2 aliphatic heterocycles. The summed E-state index contributed by atoms with van der Waals surface area (Å²) in [6, 6.07) is 24.3. The molecule has 0 spiro atoms. The molecule has 0 N–H and O–H groups in total. The van der Waals surface area contributed by atoms with Crippen molar-refractivity contribution in [1.29, 1.82) is 0 Å². The Morgan fingerprint density at radius 1 is 0.595 bits per heavy atom. The summed E-state index contributed by atoms with van der Waals surface area (Å²) in [4.78, 5) is 0. The molecular formula is C32H54Cl2Si2Zr. The molecule has 2 aromatic carbocycles. The van der Waals surface area contributed by atoms with Gasteiger partial charge >= 0.3 is 26.2 Å². The predicted octanol–water partition coefficient (Wildman–Crippen LogP) is 3.22. The molecule has 0 nitrogen and oxygen atoms in total. The van der Waals surface area contributed by atoms with Gasteiger partial charge in [-0.2, -0.15) is 35.4 Å². The topological polar surface area (TPSA) is 0 Å². The van der Waals surface area contributed by atoms with E-state index in [1.54, 1.807) is 57.8 Å². The van der Waals surface area contributed by atoms with Crippen LogP contribution in [0.4, 0.5) is 0 Å². The van der Waals surface area contributed by atoms with Crippen molar-refractivity contribution in [2.45, 2.75) is 141 Å². The Kier molecular flexibility index (Phi) is 20.0. The number of unbranched alkanes of at least 4 members (excludes halogenated alkanes) is 4. The van der Waals surface area contributed by atoms with Gasteiger partial charge in [-0.15, -0.1) is 0 Å². The number of hydrogen-bond donors (Lipinski definition) is 0. The van der Waals surface area contributed by atoms with Crippen LogP contribution in [-0.4, -0.2) is 16.1 Å². The minimum atomic E-state index is -0.958. The SMILES string of the molecule is CCCC[c-]1ccc([Si]2(CCCC)CCC2)c1.CCCC[c-]1ccc([Si]2(CCCC)CCC2)c1.[Cl-].[Cl-].[Zr+4]. The van der Waals surface area contributed by atoms with Crippen LogP contribution in [0.5, 0.6) is 0 Å². The smallest absolute Gasteiger partial charge is 1.00 e. The van der Waals surface area contributed by atoms with Crippen LogP contribution in [0.25, 0.3) is 0 Å². The second kappa shape index (κ2) is 19.6. The van der Waals surface area contributed by atoms with Crippen LogP contribution in [-0.2, 0) is 39.0 Å². The summed E-state index contributed by atoms with van der Waals surface area (Å²) in [5.41, 5.74) is 3.22. The summed E-state index contributed by atoms with van der Waals surface area (Å²) in [6.07, 6.45) is 16.6. The maximum Gasteiger partial charge on any atom is 4.00 e. The minimum absolute atomic E-state index is 0. The third-order valence-electron chi connectivity index (χ3n) is 9.14. The van der Waals surface area contributed by atoms with E-state index in [1.807, 2.05) is 0 Å². The Labute approximate surface area is 264 Å². The molecule has 2 aliphatic rings. The Morgan fingerprint density at radius 3 is 1.22 bits per heavy atom.